The van der Waals surface area contributed by atoms with Gasteiger partial charge in [-0.3, -0.25) is 0 Å². The number of rotatable bonds is 9. The Morgan fingerprint density at radius 3 is 1.96 bits per heavy atom. The molecule has 0 atom stereocenters. The molecule has 0 amide bonds. The number of hydrogen-bond donors (Lipinski definition) is 0. The van der Waals surface area contributed by atoms with Gasteiger partial charge in [0.1, 0.15) is 0 Å². The summed E-state index contributed by atoms with van der Waals surface area (Å²) >= 11 is 0. The Labute approximate surface area is 155 Å². The maximum Gasteiger partial charge on any atom is 0.335 e. The fourth-order valence-corrected chi connectivity index (χ4v) is 4.04. The highest BCUT2D eigenvalue weighted by atomic mass is 19.3. The van der Waals surface area contributed by atoms with E-state index in [0.717, 1.165) is 24.3 Å². The highest BCUT2D eigenvalue weighted by Crippen LogP contribution is 2.43. The van der Waals surface area contributed by atoms with Crippen LogP contribution in [0.5, 0.6) is 0 Å². The number of halogens is 4. The van der Waals surface area contributed by atoms with Crippen LogP contribution in [0, 0.1) is 5.92 Å². The zero-order valence-corrected chi connectivity index (χ0v) is 16.0. The first kappa shape index (κ1) is 21.2. The molecule has 26 heavy (non-hydrogen) atoms. The summed E-state index contributed by atoms with van der Waals surface area (Å²) in [5, 5.41) is 0. The van der Waals surface area contributed by atoms with Crippen molar-refractivity contribution in [2.75, 3.05) is 0 Å². The Hall–Kier alpha value is -1.06. The molecule has 0 unspecified atom stereocenters. The summed E-state index contributed by atoms with van der Waals surface area (Å²) in [6.07, 6.45) is 12.4. The molecular formula is C22H32F4. The van der Waals surface area contributed by atoms with E-state index in [-0.39, 0.29) is 6.92 Å². The lowest BCUT2D eigenvalue weighted by Crippen LogP contribution is -2.34. The minimum atomic E-state index is -4.12. The highest BCUT2D eigenvalue weighted by molar-refractivity contribution is 5.29. The second kappa shape index (κ2) is 9.23. The van der Waals surface area contributed by atoms with Gasteiger partial charge < -0.3 is 0 Å². The van der Waals surface area contributed by atoms with Crippen molar-refractivity contribution in [2.45, 2.75) is 95.8 Å². The van der Waals surface area contributed by atoms with Crippen LogP contribution in [0.2, 0.25) is 0 Å². The normalized spacial score (nSPS) is 21.8. The fourth-order valence-electron chi connectivity index (χ4n) is 4.04. The van der Waals surface area contributed by atoms with Gasteiger partial charge in [-0.2, -0.15) is 17.6 Å². The van der Waals surface area contributed by atoms with Crippen molar-refractivity contribution in [2.24, 2.45) is 5.92 Å². The highest BCUT2D eigenvalue weighted by Gasteiger charge is 2.53. The molecule has 148 valence electrons. The lowest BCUT2D eigenvalue weighted by atomic mass is 9.77. The van der Waals surface area contributed by atoms with Crippen molar-refractivity contribution in [3.63, 3.8) is 0 Å². The van der Waals surface area contributed by atoms with Gasteiger partial charge >= 0.3 is 11.8 Å². The van der Waals surface area contributed by atoms with Crippen LogP contribution in [-0.4, -0.2) is 5.92 Å². The van der Waals surface area contributed by atoms with Crippen LogP contribution < -0.4 is 0 Å². The van der Waals surface area contributed by atoms with Crippen molar-refractivity contribution < 1.29 is 17.6 Å². The van der Waals surface area contributed by atoms with Gasteiger partial charge in [0, 0.05) is 12.5 Å². The molecule has 1 aliphatic rings. The van der Waals surface area contributed by atoms with Crippen LogP contribution in [0.4, 0.5) is 17.6 Å². The fraction of sp³-hybridized carbons (Fsp3) is 0.727. The van der Waals surface area contributed by atoms with Crippen molar-refractivity contribution in [3.05, 3.63) is 35.4 Å². The zero-order chi connectivity index (χ0) is 19.2. The molecule has 1 aromatic rings. The zero-order valence-electron chi connectivity index (χ0n) is 16.0. The van der Waals surface area contributed by atoms with Crippen LogP contribution in [0.1, 0.15) is 95.1 Å². The maximum absolute atomic E-state index is 13.7. The van der Waals surface area contributed by atoms with Gasteiger partial charge in [0.05, 0.1) is 0 Å². The summed E-state index contributed by atoms with van der Waals surface area (Å²) < 4.78 is 53.7. The summed E-state index contributed by atoms with van der Waals surface area (Å²) in [6, 6.07) is 5.58. The Balaban J connectivity index is 1.82. The van der Waals surface area contributed by atoms with E-state index in [1.807, 2.05) is 0 Å². The van der Waals surface area contributed by atoms with Crippen molar-refractivity contribution >= 4 is 0 Å². The van der Waals surface area contributed by atoms with Crippen molar-refractivity contribution in [1.82, 2.24) is 0 Å². The molecule has 0 bridgehead atoms. The molecular weight excluding hydrogens is 340 g/mol. The van der Waals surface area contributed by atoms with Gasteiger partial charge in [-0.1, -0.05) is 69.7 Å². The number of alkyl halides is 4. The molecule has 0 heterocycles. The summed E-state index contributed by atoms with van der Waals surface area (Å²) in [4.78, 5) is 0. The molecule has 1 aliphatic carbocycles. The second-order valence-corrected chi connectivity index (χ2v) is 8.01. The topological polar surface area (TPSA) is 0 Å². The first-order chi connectivity index (χ1) is 12.3. The van der Waals surface area contributed by atoms with Crippen LogP contribution in [-0.2, 0) is 5.92 Å². The van der Waals surface area contributed by atoms with E-state index < -0.39 is 17.4 Å². The molecule has 0 aliphatic heterocycles. The van der Waals surface area contributed by atoms with E-state index in [2.05, 4.69) is 6.92 Å². The molecule has 2 rings (SSSR count). The number of unbranched alkanes of at least 4 members (excludes halogenated alkanes) is 4. The number of benzene rings is 1. The monoisotopic (exact) mass is 372 g/mol. The lowest BCUT2D eigenvalue weighted by Gasteiger charge is -2.29. The van der Waals surface area contributed by atoms with Gasteiger partial charge in [-0.15, -0.1) is 0 Å². The Bertz CT molecular complexity index is 522. The summed E-state index contributed by atoms with van der Waals surface area (Å²) in [5.74, 6) is -7.02. The minimum absolute atomic E-state index is 0.268. The van der Waals surface area contributed by atoms with E-state index >= 15 is 0 Å². The first-order valence-corrected chi connectivity index (χ1v) is 10.1. The predicted molar refractivity (Wildman–Crippen MR) is 99.0 cm³/mol. The van der Waals surface area contributed by atoms with Crippen molar-refractivity contribution in [1.29, 1.82) is 0 Å². The maximum atomic E-state index is 13.7. The van der Waals surface area contributed by atoms with Crippen LogP contribution >= 0.6 is 0 Å². The van der Waals surface area contributed by atoms with Crippen LogP contribution in [0.25, 0.3) is 0 Å². The molecule has 0 spiro atoms. The minimum Gasteiger partial charge on any atom is -0.200 e. The molecule has 1 fully saturated rings. The van der Waals surface area contributed by atoms with E-state index in [9.17, 15) is 17.6 Å². The summed E-state index contributed by atoms with van der Waals surface area (Å²) in [7, 11) is 0. The van der Waals surface area contributed by atoms with Gasteiger partial charge in [0.2, 0.25) is 0 Å². The van der Waals surface area contributed by atoms with Crippen LogP contribution in [0.3, 0.4) is 0 Å². The van der Waals surface area contributed by atoms with Gasteiger partial charge in [-0.05, 0) is 43.1 Å². The van der Waals surface area contributed by atoms with E-state index in [1.165, 1.54) is 63.5 Å². The summed E-state index contributed by atoms with van der Waals surface area (Å²) in [5.41, 5.74) is 0.403. The lowest BCUT2D eigenvalue weighted by molar-refractivity contribution is -0.204. The van der Waals surface area contributed by atoms with E-state index in [0.29, 0.717) is 5.92 Å². The smallest absolute Gasteiger partial charge is 0.200 e. The summed E-state index contributed by atoms with van der Waals surface area (Å²) in [6.45, 7) is 2.49. The average Bonchev–Trinajstić information content (AvgIpc) is 2.61. The standard InChI is InChI=1S/C22H32F4/c1-3-4-5-6-7-8-17-9-11-18(12-10-17)19-13-15-20(16-14-19)22(25,26)21(2,23)24/h13-18H,3-12H2,1-2H3. The quantitative estimate of drug-likeness (QED) is 0.304. The molecule has 0 radical (unpaired) electrons. The van der Waals surface area contributed by atoms with Gasteiger partial charge in [0.15, 0.2) is 0 Å². The molecule has 4 heteroatoms. The molecule has 0 saturated heterocycles. The van der Waals surface area contributed by atoms with Crippen LogP contribution in [0.15, 0.2) is 24.3 Å². The third kappa shape index (κ3) is 5.47. The third-order valence-corrected chi connectivity index (χ3v) is 5.86. The first-order valence-electron chi connectivity index (χ1n) is 10.1. The Morgan fingerprint density at radius 2 is 1.42 bits per heavy atom. The van der Waals surface area contributed by atoms with Gasteiger partial charge in [0.25, 0.3) is 0 Å². The molecule has 1 aromatic carbocycles. The molecule has 0 N–H and O–H groups in total. The average molecular weight is 372 g/mol. The van der Waals surface area contributed by atoms with E-state index in [4.69, 9.17) is 0 Å². The van der Waals surface area contributed by atoms with Crippen molar-refractivity contribution in [3.8, 4) is 0 Å². The van der Waals surface area contributed by atoms with E-state index in [1.54, 1.807) is 12.1 Å². The van der Waals surface area contributed by atoms with Gasteiger partial charge in [-0.25, -0.2) is 0 Å². The SMILES string of the molecule is CCCCCCCC1CCC(c2ccc(C(F)(F)C(C)(F)F)cc2)CC1. The molecule has 0 nitrogen and oxygen atoms in total. The predicted octanol–water partition coefficient (Wildman–Crippen LogP) is 8.07. The Kier molecular flexibility index (Phi) is 7.54. The largest absolute Gasteiger partial charge is 0.335 e. The Morgan fingerprint density at radius 1 is 0.846 bits per heavy atom. The number of hydrogen-bond acceptors (Lipinski definition) is 0. The molecule has 0 aromatic heterocycles. The third-order valence-electron chi connectivity index (χ3n) is 5.86. The molecule has 1 saturated carbocycles. The second-order valence-electron chi connectivity index (χ2n) is 8.01.